The Hall–Kier alpha value is -3.14. The highest BCUT2D eigenvalue weighted by atomic mass is 35.5. The monoisotopic (exact) mass is 473 g/mol. The van der Waals surface area contributed by atoms with Crippen LogP contribution in [0.5, 0.6) is 11.5 Å². The number of benzene rings is 2. The molecule has 166 valence electrons. The number of amides is 1. The van der Waals surface area contributed by atoms with Crippen molar-refractivity contribution in [1.29, 1.82) is 0 Å². The van der Waals surface area contributed by atoms with E-state index in [1.807, 2.05) is 31.1 Å². The fraction of sp³-hybridized carbons (Fsp3) is 0.227. The lowest BCUT2D eigenvalue weighted by molar-refractivity contribution is 0.0982. The molecule has 1 aliphatic heterocycles. The Balaban J connectivity index is 0.00000245. The van der Waals surface area contributed by atoms with Gasteiger partial charge in [-0.15, -0.1) is 12.4 Å². The number of rotatable bonds is 5. The van der Waals surface area contributed by atoms with E-state index in [4.69, 9.17) is 13.9 Å². The summed E-state index contributed by atoms with van der Waals surface area (Å²) in [6.45, 7) is 1.15. The van der Waals surface area contributed by atoms with Crippen LogP contribution in [0.2, 0.25) is 0 Å². The fourth-order valence-corrected chi connectivity index (χ4v) is 4.36. The summed E-state index contributed by atoms with van der Waals surface area (Å²) in [7, 11) is 3.84. The van der Waals surface area contributed by atoms with E-state index in [0.717, 1.165) is 4.70 Å². The standard InChI is InChI=1S/C22H19N3O5S.ClH/c1-24(2)7-8-25(20(26)14-9-13-5-3-4-6-16(13)30-21(14)27)22-23-15-10-17-18(29-12-28-17)11-19(15)31-22;/h3-6,9-11H,7-8,12H2,1-2H3;1H. The van der Waals surface area contributed by atoms with Crippen LogP contribution in [0.15, 0.2) is 51.7 Å². The van der Waals surface area contributed by atoms with Crippen molar-refractivity contribution in [2.45, 2.75) is 0 Å². The zero-order valence-corrected chi connectivity index (χ0v) is 19.0. The summed E-state index contributed by atoms with van der Waals surface area (Å²) in [6, 6.07) is 12.4. The van der Waals surface area contributed by atoms with E-state index >= 15 is 0 Å². The average molecular weight is 474 g/mol. The highest BCUT2D eigenvalue weighted by molar-refractivity contribution is 7.22. The van der Waals surface area contributed by atoms with Gasteiger partial charge in [0.05, 0.1) is 10.2 Å². The van der Waals surface area contributed by atoms with E-state index in [2.05, 4.69) is 4.98 Å². The maximum Gasteiger partial charge on any atom is 0.349 e. The zero-order valence-electron chi connectivity index (χ0n) is 17.4. The molecule has 1 amide bonds. The number of thiazole rings is 1. The molecule has 1 aliphatic rings. The molecular formula is C22H20ClN3O5S. The summed E-state index contributed by atoms with van der Waals surface area (Å²) in [6.07, 6.45) is 0. The molecule has 0 saturated heterocycles. The van der Waals surface area contributed by atoms with Gasteiger partial charge in [-0.3, -0.25) is 9.69 Å². The van der Waals surface area contributed by atoms with Crippen molar-refractivity contribution in [1.82, 2.24) is 9.88 Å². The first kappa shape index (κ1) is 22.1. The van der Waals surface area contributed by atoms with Crippen LogP contribution in [-0.4, -0.2) is 49.8 Å². The lowest BCUT2D eigenvalue weighted by atomic mass is 10.1. The summed E-state index contributed by atoms with van der Waals surface area (Å²) in [5.74, 6) is 0.843. The largest absolute Gasteiger partial charge is 0.454 e. The molecule has 0 spiro atoms. The van der Waals surface area contributed by atoms with E-state index in [0.29, 0.717) is 46.2 Å². The van der Waals surface area contributed by atoms with Gasteiger partial charge in [0.1, 0.15) is 11.1 Å². The van der Waals surface area contributed by atoms with Crippen LogP contribution in [0.3, 0.4) is 0 Å². The number of aromatic nitrogens is 1. The van der Waals surface area contributed by atoms with Crippen LogP contribution in [0.4, 0.5) is 5.13 Å². The summed E-state index contributed by atoms with van der Waals surface area (Å²) < 4.78 is 17.1. The predicted molar refractivity (Wildman–Crippen MR) is 126 cm³/mol. The van der Waals surface area contributed by atoms with Gasteiger partial charge in [0.25, 0.3) is 5.91 Å². The Bertz CT molecular complexity index is 1330. The minimum atomic E-state index is -0.666. The van der Waals surface area contributed by atoms with Gasteiger partial charge in [-0.2, -0.15) is 0 Å². The number of fused-ring (bicyclic) bond motifs is 3. The molecule has 0 radical (unpaired) electrons. The Labute approximate surface area is 193 Å². The predicted octanol–water partition coefficient (Wildman–Crippen LogP) is 3.76. The number of likely N-dealkylation sites (N-methyl/N-ethyl adjacent to an activating group) is 1. The second-order valence-corrected chi connectivity index (χ2v) is 8.42. The number of carbonyl (C=O) groups is 1. The number of halogens is 1. The van der Waals surface area contributed by atoms with Crippen molar-refractivity contribution in [2.24, 2.45) is 0 Å². The summed E-state index contributed by atoms with van der Waals surface area (Å²) >= 11 is 1.36. The molecule has 32 heavy (non-hydrogen) atoms. The van der Waals surface area contributed by atoms with Crippen LogP contribution < -0.4 is 20.0 Å². The molecular weight excluding hydrogens is 454 g/mol. The molecule has 10 heteroatoms. The van der Waals surface area contributed by atoms with Gasteiger partial charge in [0, 0.05) is 30.6 Å². The second-order valence-electron chi connectivity index (χ2n) is 7.42. The van der Waals surface area contributed by atoms with E-state index in [1.54, 1.807) is 30.3 Å². The number of hydrogen-bond acceptors (Lipinski definition) is 8. The van der Waals surface area contributed by atoms with Gasteiger partial charge in [0.15, 0.2) is 16.6 Å². The minimum Gasteiger partial charge on any atom is -0.454 e. The summed E-state index contributed by atoms with van der Waals surface area (Å²) in [5, 5.41) is 1.19. The van der Waals surface area contributed by atoms with Crippen LogP contribution in [0.1, 0.15) is 10.4 Å². The Morgan fingerprint density at radius 2 is 1.84 bits per heavy atom. The van der Waals surface area contributed by atoms with Gasteiger partial charge in [-0.05, 0) is 26.2 Å². The number of carbonyl (C=O) groups excluding carboxylic acids is 1. The molecule has 3 heterocycles. The van der Waals surface area contributed by atoms with Crippen molar-refractivity contribution < 1.29 is 18.7 Å². The molecule has 0 saturated carbocycles. The molecule has 0 atom stereocenters. The SMILES string of the molecule is CN(C)CCN(C(=O)c1cc2ccccc2oc1=O)c1nc2cc3c(cc2s1)OCO3.Cl. The maximum absolute atomic E-state index is 13.5. The highest BCUT2D eigenvalue weighted by Crippen LogP contribution is 2.40. The van der Waals surface area contributed by atoms with Crippen molar-refractivity contribution >= 4 is 56.0 Å². The van der Waals surface area contributed by atoms with Crippen LogP contribution in [0, 0.1) is 0 Å². The Morgan fingerprint density at radius 3 is 2.62 bits per heavy atom. The first-order valence-corrected chi connectivity index (χ1v) is 10.5. The number of anilines is 1. The molecule has 0 fully saturated rings. The first-order valence-electron chi connectivity index (χ1n) is 9.69. The quantitative estimate of drug-likeness (QED) is 0.408. The van der Waals surface area contributed by atoms with Crippen molar-refractivity contribution in [3.8, 4) is 11.5 Å². The molecule has 4 aromatic rings. The zero-order chi connectivity index (χ0) is 21.5. The van der Waals surface area contributed by atoms with Crippen molar-refractivity contribution in [3.63, 3.8) is 0 Å². The first-order chi connectivity index (χ1) is 15.0. The lowest BCUT2D eigenvalue weighted by Crippen LogP contribution is -2.38. The fourth-order valence-electron chi connectivity index (χ4n) is 3.36. The van der Waals surface area contributed by atoms with Crippen LogP contribution in [-0.2, 0) is 0 Å². The van der Waals surface area contributed by atoms with Crippen LogP contribution >= 0.6 is 23.7 Å². The Kier molecular flexibility index (Phi) is 6.05. The molecule has 0 N–H and O–H groups in total. The van der Waals surface area contributed by atoms with Gasteiger partial charge in [-0.25, -0.2) is 9.78 Å². The molecule has 2 aromatic heterocycles. The second kappa shape index (κ2) is 8.78. The number of ether oxygens (including phenoxy) is 2. The van der Waals surface area contributed by atoms with Crippen molar-refractivity contribution in [2.75, 3.05) is 38.9 Å². The van der Waals surface area contributed by atoms with E-state index < -0.39 is 11.5 Å². The third-order valence-electron chi connectivity index (χ3n) is 4.99. The van der Waals surface area contributed by atoms with E-state index in [-0.39, 0.29) is 24.8 Å². The summed E-state index contributed by atoms with van der Waals surface area (Å²) in [5.41, 5.74) is 0.460. The molecule has 5 rings (SSSR count). The average Bonchev–Trinajstić information content (AvgIpc) is 3.36. The van der Waals surface area contributed by atoms with Gasteiger partial charge in [0.2, 0.25) is 6.79 Å². The number of hydrogen-bond donors (Lipinski definition) is 0. The molecule has 0 unspecified atom stereocenters. The third-order valence-corrected chi connectivity index (χ3v) is 6.03. The molecule has 0 aliphatic carbocycles. The van der Waals surface area contributed by atoms with Gasteiger partial charge in [-0.1, -0.05) is 29.5 Å². The molecule has 0 bridgehead atoms. The van der Waals surface area contributed by atoms with Crippen LogP contribution in [0.25, 0.3) is 21.2 Å². The third kappa shape index (κ3) is 4.02. The molecule has 8 nitrogen and oxygen atoms in total. The van der Waals surface area contributed by atoms with E-state index in [9.17, 15) is 9.59 Å². The summed E-state index contributed by atoms with van der Waals surface area (Å²) in [4.78, 5) is 34.2. The van der Waals surface area contributed by atoms with Crippen molar-refractivity contribution in [3.05, 3.63) is 58.4 Å². The highest BCUT2D eigenvalue weighted by Gasteiger charge is 2.26. The topological polar surface area (TPSA) is 85.1 Å². The lowest BCUT2D eigenvalue weighted by Gasteiger charge is -2.21. The smallest absolute Gasteiger partial charge is 0.349 e. The van der Waals surface area contributed by atoms with Gasteiger partial charge < -0.3 is 18.8 Å². The Morgan fingerprint density at radius 1 is 1.09 bits per heavy atom. The van der Waals surface area contributed by atoms with E-state index in [1.165, 1.54) is 16.2 Å². The minimum absolute atomic E-state index is 0. The number of para-hydroxylation sites is 1. The molecule has 2 aromatic carbocycles. The number of nitrogens with zero attached hydrogens (tertiary/aromatic N) is 3. The maximum atomic E-state index is 13.5. The van der Waals surface area contributed by atoms with Gasteiger partial charge >= 0.3 is 5.63 Å². The normalized spacial score (nSPS) is 12.3.